The van der Waals surface area contributed by atoms with Crippen LogP contribution in [0.2, 0.25) is 0 Å². The van der Waals surface area contributed by atoms with Gasteiger partial charge in [0, 0.05) is 13.1 Å². The third-order valence-electron chi connectivity index (χ3n) is 5.38. The minimum Gasteiger partial charge on any atom is -0.372 e. The number of hydrogen-bond donors (Lipinski definition) is 0. The average molecular weight is 306 g/mol. The van der Waals surface area contributed by atoms with Gasteiger partial charge in [0.15, 0.2) is 0 Å². The van der Waals surface area contributed by atoms with E-state index in [2.05, 4.69) is 77.6 Å². The van der Waals surface area contributed by atoms with Gasteiger partial charge in [-0.3, -0.25) is 4.90 Å². The molecule has 1 saturated heterocycles. The lowest BCUT2D eigenvalue weighted by atomic mass is 9.68. The number of hydrogen-bond acceptors (Lipinski definition) is 3. The zero-order chi connectivity index (χ0) is 15.8. The van der Waals surface area contributed by atoms with Gasteiger partial charge < -0.3 is 4.84 Å². The van der Waals surface area contributed by atoms with Crippen molar-refractivity contribution in [2.24, 2.45) is 5.16 Å². The summed E-state index contributed by atoms with van der Waals surface area (Å²) >= 11 is 0. The molecule has 0 saturated carbocycles. The Kier molecular flexibility index (Phi) is 3.46. The van der Waals surface area contributed by atoms with E-state index in [1.165, 1.54) is 24.0 Å². The number of rotatable bonds is 3. The minimum absolute atomic E-state index is 0.389. The number of oxime groups is 1. The molecule has 2 heterocycles. The highest BCUT2D eigenvalue weighted by atomic mass is 16.7. The summed E-state index contributed by atoms with van der Waals surface area (Å²) in [6, 6.07) is 21.2. The van der Waals surface area contributed by atoms with E-state index in [4.69, 9.17) is 4.84 Å². The maximum atomic E-state index is 6.04. The molecule has 0 aliphatic carbocycles. The molecule has 2 aromatic rings. The van der Waals surface area contributed by atoms with Crippen molar-refractivity contribution in [3.63, 3.8) is 0 Å². The quantitative estimate of drug-likeness (QED) is 0.861. The van der Waals surface area contributed by atoms with Gasteiger partial charge in [-0.25, -0.2) is 0 Å². The Balaban J connectivity index is 1.94. The van der Waals surface area contributed by atoms with E-state index in [1.807, 2.05) is 6.21 Å². The van der Waals surface area contributed by atoms with Crippen molar-refractivity contribution in [2.45, 2.75) is 30.9 Å². The maximum Gasteiger partial charge on any atom is 0.207 e. The molecule has 2 aliphatic heterocycles. The van der Waals surface area contributed by atoms with E-state index in [1.54, 1.807) is 0 Å². The van der Waals surface area contributed by atoms with Crippen molar-refractivity contribution in [3.8, 4) is 0 Å². The average Bonchev–Trinajstić information content (AvgIpc) is 3.26. The fourth-order valence-corrected chi connectivity index (χ4v) is 4.10. The predicted octanol–water partition coefficient (Wildman–Crippen LogP) is 3.80. The minimum atomic E-state index is -0.494. The number of benzene rings is 2. The van der Waals surface area contributed by atoms with Gasteiger partial charge in [-0.1, -0.05) is 65.8 Å². The van der Waals surface area contributed by atoms with Crippen LogP contribution in [-0.4, -0.2) is 29.9 Å². The lowest BCUT2D eigenvalue weighted by Gasteiger charge is -2.45. The summed E-state index contributed by atoms with van der Waals surface area (Å²) < 4.78 is 0. The van der Waals surface area contributed by atoms with Crippen molar-refractivity contribution < 1.29 is 4.84 Å². The van der Waals surface area contributed by atoms with Crippen LogP contribution in [0.1, 0.15) is 30.9 Å². The second kappa shape index (κ2) is 5.50. The van der Waals surface area contributed by atoms with Crippen LogP contribution in [0.3, 0.4) is 0 Å². The third kappa shape index (κ3) is 2.03. The molecule has 2 aliphatic rings. The summed E-state index contributed by atoms with van der Waals surface area (Å²) in [5.41, 5.74) is 1.57. The Bertz CT molecular complexity index is 653. The van der Waals surface area contributed by atoms with Crippen LogP contribution in [0.5, 0.6) is 0 Å². The van der Waals surface area contributed by atoms with Crippen LogP contribution in [-0.2, 0) is 10.3 Å². The van der Waals surface area contributed by atoms with Crippen molar-refractivity contribution in [3.05, 3.63) is 71.8 Å². The second-order valence-corrected chi connectivity index (χ2v) is 6.54. The lowest BCUT2D eigenvalue weighted by Crippen LogP contribution is -2.59. The fourth-order valence-electron chi connectivity index (χ4n) is 4.10. The smallest absolute Gasteiger partial charge is 0.207 e. The summed E-state index contributed by atoms with van der Waals surface area (Å²) in [5.74, 6) is 0. The van der Waals surface area contributed by atoms with Gasteiger partial charge in [0.1, 0.15) is 5.41 Å². The lowest BCUT2D eigenvalue weighted by molar-refractivity contribution is -0.141. The summed E-state index contributed by atoms with van der Waals surface area (Å²) in [7, 11) is 0. The Hall–Kier alpha value is -2.13. The van der Waals surface area contributed by atoms with Crippen LogP contribution in [0.4, 0.5) is 0 Å². The van der Waals surface area contributed by atoms with E-state index in [-0.39, 0.29) is 5.41 Å². The van der Waals surface area contributed by atoms with E-state index >= 15 is 0 Å². The highest BCUT2D eigenvalue weighted by Crippen LogP contribution is 2.48. The Labute approximate surface area is 137 Å². The molecular weight excluding hydrogens is 284 g/mol. The molecule has 0 radical (unpaired) electrons. The van der Waals surface area contributed by atoms with Gasteiger partial charge in [0.05, 0.1) is 6.21 Å². The molecule has 0 spiro atoms. The molecule has 3 heteroatoms. The summed E-state index contributed by atoms with van der Waals surface area (Å²) in [5, 5.41) is 4.32. The highest BCUT2D eigenvalue weighted by Gasteiger charge is 2.59. The normalized spacial score (nSPS) is 26.3. The Morgan fingerprint density at radius 1 is 0.870 bits per heavy atom. The maximum absolute atomic E-state index is 6.04. The van der Waals surface area contributed by atoms with Crippen molar-refractivity contribution in [1.29, 1.82) is 0 Å². The molecule has 0 aromatic heterocycles. The molecule has 0 N–H and O–H groups in total. The van der Waals surface area contributed by atoms with E-state index in [9.17, 15) is 0 Å². The monoisotopic (exact) mass is 306 g/mol. The first kappa shape index (κ1) is 14.5. The first-order valence-corrected chi connectivity index (χ1v) is 8.36. The second-order valence-electron chi connectivity index (χ2n) is 6.54. The first-order chi connectivity index (χ1) is 11.3. The molecule has 1 fully saturated rings. The molecule has 118 valence electrons. The summed E-state index contributed by atoms with van der Waals surface area (Å²) in [6.45, 7) is 4.30. The predicted molar refractivity (Wildman–Crippen MR) is 92.5 cm³/mol. The van der Waals surface area contributed by atoms with Crippen LogP contribution in [0, 0.1) is 0 Å². The first-order valence-electron chi connectivity index (χ1n) is 8.36. The molecule has 0 bridgehead atoms. The van der Waals surface area contributed by atoms with E-state index < -0.39 is 5.72 Å². The van der Waals surface area contributed by atoms with Gasteiger partial charge in [0.2, 0.25) is 5.72 Å². The molecule has 2 aromatic carbocycles. The third-order valence-corrected chi connectivity index (χ3v) is 5.38. The fraction of sp³-hybridized carbons (Fsp3) is 0.350. The molecule has 23 heavy (non-hydrogen) atoms. The zero-order valence-corrected chi connectivity index (χ0v) is 13.5. The number of nitrogens with zero attached hydrogens (tertiary/aromatic N) is 2. The topological polar surface area (TPSA) is 24.8 Å². The van der Waals surface area contributed by atoms with E-state index in [0.29, 0.717) is 0 Å². The Morgan fingerprint density at radius 3 is 1.91 bits per heavy atom. The summed E-state index contributed by atoms with van der Waals surface area (Å²) in [6.07, 6.45) is 4.44. The standard InChI is InChI=1S/C20H22N2O/c1-19(22-14-8-9-15-22)20(16-21-23-19,17-10-4-2-5-11-17)18-12-6-3-7-13-18/h2-7,10-13,16H,8-9,14-15H2,1H3. The molecular formula is C20H22N2O. The molecule has 3 nitrogen and oxygen atoms in total. The van der Waals surface area contributed by atoms with E-state index in [0.717, 1.165) is 13.1 Å². The van der Waals surface area contributed by atoms with Gasteiger partial charge in [0.25, 0.3) is 0 Å². The number of likely N-dealkylation sites (tertiary alicyclic amines) is 1. The zero-order valence-electron chi connectivity index (χ0n) is 13.5. The van der Waals surface area contributed by atoms with Crippen molar-refractivity contribution in [1.82, 2.24) is 4.90 Å². The highest BCUT2D eigenvalue weighted by molar-refractivity contribution is 5.82. The molecule has 1 unspecified atom stereocenters. The van der Waals surface area contributed by atoms with Gasteiger partial charge in [-0.15, -0.1) is 0 Å². The molecule has 0 amide bonds. The SMILES string of the molecule is CC1(N2CCCC2)ON=CC1(c1ccccc1)c1ccccc1. The Morgan fingerprint density at radius 2 is 1.39 bits per heavy atom. The molecule has 4 rings (SSSR count). The van der Waals surface area contributed by atoms with Gasteiger partial charge in [-0.05, 0) is 30.9 Å². The van der Waals surface area contributed by atoms with Crippen molar-refractivity contribution in [2.75, 3.05) is 13.1 Å². The van der Waals surface area contributed by atoms with Gasteiger partial charge >= 0.3 is 0 Å². The molecule has 1 atom stereocenters. The van der Waals surface area contributed by atoms with Crippen LogP contribution in [0.25, 0.3) is 0 Å². The van der Waals surface area contributed by atoms with Crippen molar-refractivity contribution >= 4 is 6.21 Å². The van der Waals surface area contributed by atoms with Crippen LogP contribution >= 0.6 is 0 Å². The van der Waals surface area contributed by atoms with Crippen LogP contribution < -0.4 is 0 Å². The van der Waals surface area contributed by atoms with Crippen LogP contribution in [0.15, 0.2) is 65.8 Å². The summed E-state index contributed by atoms with van der Waals surface area (Å²) in [4.78, 5) is 8.49. The largest absolute Gasteiger partial charge is 0.372 e. The van der Waals surface area contributed by atoms with Gasteiger partial charge in [-0.2, -0.15) is 0 Å².